The van der Waals surface area contributed by atoms with Crippen molar-refractivity contribution in [3.63, 3.8) is 0 Å². The molecule has 1 aliphatic heterocycles. The fraction of sp³-hybridized carbons (Fsp3) is 0.412. The van der Waals surface area contributed by atoms with E-state index in [1.54, 1.807) is 11.0 Å². The lowest BCUT2D eigenvalue weighted by atomic mass is 10.2. The molecule has 0 spiro atoms. The monoisotopic (exact) mass is 368 g/mol. The van der Waals surface area contributed by atoms with Crippen molar-refractivity contribution in [3.05, 3.63) is 47.3 Å². The van der Waals surface area contributed by atoms with Gasteiger partial charge in [-0.25, -0.2) is 0 Å². The molecule has 0 unspecified atom stereocenters. The zero-order chi connectivity index (χ0) is 18.7. The van der Waals surface area contributed by atoms with Crippen LogP contribution in [0.2, 0.25) is 0 Å². The quantitative estimate of drug-likeness (QED) is 0.900. The molecule has 1 saturated heterocycles. The van der Waals surface area contributed by atoms with E-state index in [1.807, 2.05) is 7.05 Å². The van der Waals surface area contributed by atoms with E-state index in [0.29, 0.717) is 18.8 Å². The molecule has 1 aromatic heterocycles. The summed E-state index contributed by atoms with van der Waals surface area (Å²) in [7, 11) is 2.00. The van der Waals surface area contributed by atoms with Crippen molar-refractivity contribution < 1.29 is 22.7 Å². The highest BCUT2D eigenvalue weighted by Crippen LogP contribution is 2.31. The van der Waals surface area contributed by atoms with Crippen molar-refractivity contribution in [2.75, 3.05) is 33.2 Å². The molecule has 1 fully saturated rings. The maximum absolute atomic E-state index is 12.7. The molecule has 0 bridgehead atoms. The van der Waals surface area contributed by atoms with E-state index in [4.69, 9.17) is 4.74 Å². The van der Waals surface area contributed by atoms with Gasteiger partial charge < -0.3 is 14.5 Å². The first-order chi connectivity index (χ1) is 12.3. The Morgan fingerprint density at radius 2 is 1.96 bits per heavy atom. The molecule has 140 valence electrons. The minimum Gasteiger partial charge on any atom is -0.487 e. The number of H-pyrrole nitrogens is 1. The number of likely N-dealkylation sites (N-methyl/N-ethyl adjacent to an activating group) is 1. The van der Waals surface area contributed by atoms with E-state index >= 15 is 0 Å². The molecule has 26 heavy (non-hydrogen) atoms. The lowest BCUT2D eigenvalue weighted by Crippen LogP contribution is -2.47. The van der Waals surface area contributed by atoms with Crippen LogP contribution in [0.5, 0.6) is 5.75 Å². The Bertz CT molecular complexity index is 767. The number of nitrogens with one attached hydrogen (secondary N) is 1. The predicted octanol–water partition coefficient (Wildman–Crippen LogP) is 2.40. The van der Waals surface area contributed by atoms with Gasteiger partial charge in [-0.1, -0.05) is 6.07 Å². The maximum Gasteiger partial charge on any atom is 0.416 e. The molecular weight excluding hydrogens is 349 g/mol. The van der Waals surface area contributed by atoms with Crippen molar-refractivity contribution >= 4 is 5.91 Å². The van der Waals surface area contributed by atoms with Gasteiger partial charge in [0.25, 0.3) is 5.91 Å². The minimum absolute atomic E-state index is 0.00959. The number of amides is 1. The molecule has 1 aromatic carbocycles. The number of rotatable bonds is 4. The van der Waals surface area contributed by atoms with Crippen LogP contribution in [0.1, 0.15) is 21.7 Å². The highest BCUT2D eigenvalue weighted by Gasteiger charge is 2.30. The van der Waals surface area contributed by atoms with E-state index in [-0.39, 0.29) is 24.0 Å². The van der Waals surface area contributed by atoms with Crippen molar-refractivity contribution in [2.45, 2.75) is 12.8 Å². The summed E-state index contributed by atoms with van der Waals surface area (Å²) < 4.78 is 43.5. The molecule has 0 radical (unpaired) electrons. The summed E-state index contributed by atoms with van der Waals surface area (Å²) in [6.07, 6.45) is -4.42. The number of halogens is 3. The van der Waals surface area contributed by atoms with Gasteiger partial charge in [0.05, 0.1) is 11.3 Å². The molecule has 2 heterocycles. The second kappa shape index (κ2) is 7.36. The van der Waals surface area contributed by atoms with Crippen LogP contribution in [-0.4, -0.2) is 59.1 Å². The summed E-state index contributed by atoms with van der Waals surface area (Å²) in [6, 6.07) is 6.21. The summed E-state index contributed by atoms with van der Waals surface area (Å²) >= 11 is 0. The van der Waals surface area contributed by atoms with Gasteiger partial charge in [0.2, 0.25) is 0 Å². The summed E-state index contributed by atoms with van der Waals surface area (Å²) in [5.74, 6) is -0.0685. The van der Waals surface area contributed by atoms with Gasteiger partial charge in [-0.3, -0.25) is 9.89 Å². The van der Waals surface area contributed by atoms with Crippen LogP contribution in [0.25, 0.3) is 0 Å². The molecule has 0 atom stereocenters. The van der Waals surface area contributed by atoms with E-state index in [2.05, 4.69) is 15.1 Å². The smallest absolute Gasteiger partial charge is 0.416 e. The van der Waals surface area contributed by atoms with E-state index < -0.39 is 11.7 Å². The molecular formula is C17H19F3N4O2. The number of carbonyl (C=O) groups is 1. The van der Waals surface area contributed by atoms with Crippen molar-refractivity contribution in [2.24, 2.45) is 0 Å². The molecule has 3 rings (SSSR count). The molecule has 1 aliphatic rings. The number of piperazine rings is 1. The Kier molecular flexibility index (Phi) is 5.17. The van der Waals surface area contributed by atoms with Crippen molar-refractivity contribution in [3.8, 4) is 5.75 Å². The van der Waals surface area contributed by atoms with Crippen LogP contribution in [-0.2, 0) is 12.8 Å². The number of aromatic amines is 1. The Morgan fingerprint density at radius 3 is 2.65 bits per heavy atom. The Hall–Kier alpha value is -2.55. The van der Waals surface area contributed by atoms with Crippen LogP contribution in [0.15, 0.2) is 30.3 Å². The predicted molar refractivity (Wildman–Crippen MR) is 87.8 cm³/mol. The Balaban J connectivity index is 1.60. The molecule has 9 heteroatoms. The maximum atomic E-state index is 12.7. The summed E-state index contributed by atoms with van der Waals surface area (Å²) in [6.45, 7) is 2.88. The second-order valence-electron chi connectivity index (χ2n) is 6.19. The lowest BCUT2D eigenvalue weighted by molar-refractivity contribution is -0.137. The van der Waals surface area contributed by atoms with Crippen molar-refractivity contribution in [1.82, 2.24) is 20.0 Å². The number of hydrogen-bond acceptors (Lipinski definition) is 4. The highest BCUT2D eigenvalue weighted by molar-refractivity contribution is 5.92. The van der Waals surface area contributed by atoms with E-state index in [9.17, 15) is 18.0 Å². The van der Waals surface area contributed by atoms with Gasteiger partial charge in [0.15, 0.2) is 5.69 Å². The van der Waals surface area contributed by atoms with Crippen LogP contribution in [0.3, 0.4) is 0 Å². The fourth-order valence-electron chi connectivity index (χ4n) is 2.64. The third kappa shape index (κ3) is 4.34. The molecule has 0 aliphatic carbocycles. The van der Waals surface area contributed by atoms with Gasteiger partial charge in [-0.05, 0) is 31.3 Å². The minimum atomic E-state index is -4.42. The van der Waals surface area contributed by atoms with Gasteiger partial charge in [-0.15, -0.1) is 0 Å². The molecule has 6 nitrogen and oxygen atoms in total. The van der Waals surface area contributed by atoms with Crippen LogP contribution < -0.4 is 4.74 Å². The summed E-state index contributed by atoms with van der Waals surface area (Å²) in [5, 5.41) is 6.68. The summed E-state index contributed by atoms with van der Waals surface area (Å²) in [5.41, 5.74) is 0.0163. The topological polar surface area (TPSA) is 61.5 Å². The third-order valence-corrected chi connectivity index (χ3v) is 4.20. The first-order valence-corrected chi connectivity index (χ1v) is 8.15. The number of ether oxygens (including phenoxy) is 1. The zero-order valence-corrected chi connectivity index (χ0v) is 14.2. The number of hydrogen-bond donors (Lipinski definition) is 1. The fourth-order valence-corrected chi connectivity index (χ4v) is 2.64. The third-order valence-electron chi connectivity index (χ3n) is 4.20. The van der Waals surface area contributed by atoms with Crippen molar-refractivity contribution in [1.29, 1.82) is 0 Å². The van der Waals surface area contributed by atoms with Gasteiger partial charge in [-0.2, -0.15) is 18.3 Å². The standard InChI is InChI=1S/C17H19F3N4O2/c1-23-5-7-24(8-6-23)16(25)15-10-13(21-22-15)11-26-14-4-2-3-12(9-14)17(18,19)20/h2-4,9-10H,5-8,11H2,1H3,(H,21,22). The zero-order valence-electron chi connectivity index (χ0n) is 14.2. The molecule has 1 N–H and O–H groups in total. The number of aromatic nitrogens is 2. The van der Waals surface area contributed by atoms with Crippen LogP contribution in [0.4, 0.5) is 13.2 Å². The lowest BCUT2D eigenvalue weighted by Gasteiger charge is -2.31. The number of alkyl halides is 3. The Labute approximate surface area is 148 Å². The van der Waals surface area contributed by atoms with Crippen LogP contribution in [0, 0.1) is 0 Å². The number of carbonyl (C=O) groups excluding carboxylic acids is 1. The highest BCUT2D eigenvalue weighted by atomic mass is 19.4. The number of nitrogens with zero attached hydrogens (tertiary/aromatic N) is 3. The first-order valence-electron chi connectivity index (χ1n) is 8.15. The summed E-state index contributed by atoms with van der Waals surface area (Å²) in [4.78, 5) is 16.3. The van der Waals surface area contributed by atoms with E-state index in [0.717, 1.165) is 25.2 Å². The van der Waals surface area contributed by atoms with E-state index in [1.165, 1.54) is 12.1 Å². The molecule has 2 aromatic rings. The average Bonchev–Trinajstić information content (AvgIpc) is 3.08. The average molecular weight is 368 g/mol. The molecule has 0 saturated carbocycles. The number of benzene rings is 1. The molecule has 1 amide bonds. The Morgan fingerprint density at radius 1 is 1.23 bits per heavy atom. The second-order valence-corrected chi connectivity index (χ2v) is 6.19. The largest absolute Gasteiger partial charge is 0.487 e. The normalized spacial score (nSPS) is 15.9. The first kappa shape index (κ1) is 18.2. The van der Waals surface area contributed by atoms with Crippen LogP contribution >= 0.6 is 0 Å². The van der Waals surface area contributed by atoms with Gasteiger partial charge >= 0.3 is 6.18 Å². The SMILES string of the molecule is CN1CCN(C(=O)c2cc(COc3cccc(C(F)(F)F)c3)[nH]n2)CC1. The van der Waals surface area contributed by atoms with Gasteiger partial charge in [0, 0.05) is 26.2 Å². The van der Waals surface area contributed by atoms with Gasteiger partial charge in [0.1, 0.15) is 12.4 Å².